The molecule has 74 valence electrons. The highest BCUT2D eigenvalue weighted by Crippen LogP contribution is 2.10. The topological polar surface area (TPSA) is 69.9 Å². The van der Waals surface area contributed by atoms with Crippen LogP contribution < -0.4 is 5.73 Å². The van der Waals surface area contributed by atoms with Crippen LogP contribution in [0.4, 0.5) is 0 Å². The van der Waals surface area contributed by atoms with Crippen molar-refractivity contribution in [2.24, 2.45) is 5.73 Å². The van der Waals surface area contributed by atoms with E-state index in [0.29, 0.717) is 6.54 Å². The number of nitrogens with zero attached hydrogens (tertiary/aromatic N) is 3. The molecule has 0 aliphatic rings. The van der Waals surface area contributed by atoms with Crippen LogP contribution >= 0.6 is 0 Å². The Labute approximate surface area is 81.5 Å². The normalized spacial score (nSPS) is 13.0. The second-order valence-electron chi connectivity index (χ2n) is 3.21. The predicted molar refractivity (Wildman–Crippen MR) is 50.4 cm³/mol. The summed E-state index contributed by atoms with van der Waals surface area (Å²) in [4.78, 5) is 4.04. The van der Waals surface area contributed by atoms with E-state index in [9.17, 15) is 0 Å². The average Bonchev–Trinajstić information content (AvgIpc) is 2.75. The quantitative estimate of drug-likeness (QED) is 0.785. The summed E-state index contributed by atoms with van der Waals surface area (Å²) in [5.41, 5.74) is 6.77. The standard InChI is InChI=1S/C9H12N4O/c1-7(10)9-4-11-6-13(9)5-8-2-3-12-14-8/h2-4,6-7H,5,10H2,1H3. The fourth-order valence-corrected chi connectivity index (χ4v) is 1.33. The third-order valence-corrected chi connectivity index (χ3v) is 2.03. The number of nitrogens with two attached hydrogens (primary N) is 1. The van der Waals surface area contributed by atoms with Gasteiger partial charge in [-0.15, -0.1) is 0 Å². The molecule has 5 heteroatoms. The molecular weight excluding hydrogens is 180 g/mol. The Morgan fingerprint density at radius 1 is 1.64 bits per heavy atom. The summed E-state index contributed by atoms with van der Waals surface area (Å²) < 4.78 is 6.95. The van der Waals surface area contributed by atoms with Crippen molar-refractivity contribution in [2.75, 3.05) is 0 Å². The molecule has 0 aliphatic heterocycles. The van der Waals surface area contributed by atoms with E-state index in [-0.39, 0.29) is 6.04 Å². The van der Waals surface area contributed by atoms with Crippen LogP contribution in [0.3, 0.4) is 0 Å². The van der Waals surface area contributed by atoms with Crippen LogP contribution in [0, 0.1) is 0 Å². The van der Waals surface area contributed by atoms with Crippen LogP contribution in [-0.2, 0) is 6.54 Å². The molecule has 0 aromatic carbocycles. The zero-order chi connectivity index (χ0) is 9.97. The Kier molecular flexibility index (Phi) is 2.32. The lowest BCUT2D eigenvalue weighted by Crippen LogP contribution is -2.12. The second kappa shape index (κ2) is 3.63. The third kappa shape index (κ3) is 1.67. The summed E-state index contributed by atoms with van der Waals surface area (Å²) >= 11 is 0. The third-order valence-electron chi connectivity index (χ3n) is 2.03. The maximum Gasteiger partial charge on any atom is 0.156 e. The largest absolute Gasteiger partial charge is 0.359 e. The Balaban J connectivity index is 2.21. The van der Waals surface area contributed by atoms with Gasteiger partial charge in [0.15, 0.2) is 5.76 Å². The van der Waals surface area contributed by atoms with Crippen LogP contribution in [0.5, 0.6) is 0 Å². The van der Waals surface area contributed by atoms with E-state index < -0.39 is 0 Å². The van der Waals surface area contributed by atoms with E-state index in [4.69, 9.17) is 10.3 Å². The molecule has 0 saturated heterocycles. The van der Waals surface area contributed by atoms with Crippen molar-refractivity contribution >= 4 is 0 Å². The molecule has 2 rings (SSSR count). The van der Waals surface area contributed by atoms with Gasteiger partial charge in [-0.1, -0.05) is 5.16 Å². The fourth-order valence-electron chi connectivity index (χ4n) is 1.33. The minimum Gasteiger partial charge on any atom is -0.359 e. The lowest BCUT2D eigenvalue weighted by molar-refractivity contribution is 0.374. The van der Waals surface area contributed by atoms with Crippen molar-refractivity contribution < 1.29 is 4.52 Å². The minimum atomic E-state index is -0.0274. The zero-order valence-corrected chi connectivity index (χ0v) is 7.92. The van der Waals surface area contributed by atoms with Gasteiger partial charge in [-0.2, -0.15) is 0 Å². The SMILES string of the molecule is CC(N)c1cncn1Cc1ccno1. The highest BCUT2D eigenvalue weighted by atomic mass is 16.5. The molecule has 2 N–H and O–H groups in total. The molecule has 0 radical (unpaired) electrons. The molecule has 1 unspecified atom stereocenters. The van der Waals surface area contributed by atoms with Crippen LogP contribution in [0.15, 0.2) is 29.3 Å². The molecule has 0 saturated carbocycles. The molecule has 0 amide bonds. The Hall–Kier alpha value is -1.62. The molecule has 0 bridgehead atoms. The van der Waals surface area contributed by atoms with E-state index in [0.717, 1.165) is 11.5 Å². The Bertz CT molecular complexity index is 391. The van der Waals surface area contributed by atoms with Crippen LogP contribution in [0.25, 0.3) is 0 Å². The van der Waals surface area contributed by atoms with Crippen molar-refractivity contribution in [1.82, 2.24) is 14.7 Å². The van der Waals surface area contributed by atoms with Crippen LogP contribution in [0.1, 0.15) is 24.4 Å². The monoisotopic (exact) mass is 192 g/mol. The smallest absolute Gasteiger partial charge is 0.156 e. The maximum atomic E-state index is 5.78. The zero-order valence-electron chi connectivity index (χ0n) is 7.92. The molecule has 0 aliphatic carbocycles. The van der Waals surface area contributed by atoms with Gasteiger partial charge in [0.2, 0.25) is 0 Å². The summed E-state index contributed by atoms with van der Waals surface area (Å²) in [6.07, 6.45) is 5.13. The molecule has 2 aromatic heterocycles. The molecule has 2 heterocycles. The van der Waals surface area contributed by atoms with Gasteiger partial charge in [0, 0.05) is 18.3 Å². The van der Waals surface area contributed by atoms with Crippen molar-refractivity contribution in [2.45, 2.75) is 19.5 Å². The van der Waals surface area contributed by atoms with Gasteiger partial charge in [0.1, 0.15) is 0 Å². The van der Waals surface area contributed by atoms with E-state index in [1.807, 2.05) is 17.6 Å². The summed E-state index contributed by atoms with van der Waals surface area (Å²) in [7, 11) is 0. The fraction of sp³-hybridized carbons (Fsp3) is 0.333. The summed E-state index contributed by atoms with van der Waals surface area (Å²) in [5, 5.41) is 3.64. The van der Waals surface area contributed by atoms with E-state index in [1.54, 1.807) is 18.7 Å². The molecule has 1 atom stereocenters. The first-order chi connectivity index (χ1) is 6.77. The van der Waals surface area contributed by atoms with Gasteiger partial charge in [-0.05, 0) is 6.92 Å². The first-order valence-electron chi connectivity index (χ1n) is 4.42. The number of hydrogen-bond donors (Lipinski definition) is 1. The number of aromatic nitrogens is 3. The van der Waals surface area contributed by atoms with Gasteiger partial charge in [-0.3, -0.25) is 0 Å². The molecular formula is C9H12N4O. The Morgan fingerprint density at radius 3 is 3.14 bits per heavy atom. The number of imidazole rings is 1. The molecule has 0 spiro atoms. The predicted octanol–water partition coefficient (Wildman–Crippen LogP) is 0.939. The van der Waals surface area contributed by atoms with E-state index >= 15 is 0 Å². The van der Waals surface area contributed by atoms with Crippen molar-refractivity contribution in [3.8, 4) is 0 Å². The van der Waals surface area contributed by atoms with Gasteiger partial charge in [-0.25, -0.2) is 4.98 Å². The summed E-state index contributed by atoms with van der Waals surface area (Å²) in [6, 6.07) is 1.80. The number of rotatable bonds is 3. The number of hydrogen-bond acceptors (Lipinski definition) is 4. The van der Waals surface area contributed by atoms with Gasteiger partial charge >= 0.3 is 0 Å². The van der Waals surface area contributed by atoms with Crippen molar-refractivity contribution in [3.63, 3.8) is 0 Å². The average molecular weight is 192 g/mol. The van der Waals surface area contributed by atoms with Gasteiger partial charge in [0.05, 0.1) is 24.8 Å². The lowest BCUT2D eigenvalue weighted by atomic mass is 10.2. The first-order valence-corrected chi connectivity index (χ1v) is 4.42. The highest BCUT2D eigenvalue weighted by molar-refractivity contribution is 5.06. The second-order valence-corrected chi connectivity index (χ2v) is 3.21. The van der Waals surface area contributed by atoms with E-state index in [2.05, 4.69) is 10.1 Å². The molecule has 2 aromatic rings. The minimum absolute atomic E-state index is 0.0274. The summed E-state index contributed by atoms with van der Waals surface area (Å²) in [6.45, 7) is 2.55. The Morgan fingerprint density at radius 2 is 2.50 bits per heavy atom. The molecule has 0 fully saturated rings. The van der Waals surface area contributed by atoms with Crippen molar-refractivity contribution in [1.29, 1.82) is 0 Å². The maximum absolute atomic E-state index is 5.78. The van der Waals surface area contributed by atoms with Gasteiger partial charge < -0.3 is 14.8 Å². The highest BCUT2D eigenvalue weighted by Gasteiger charge is 2.08. The molecule has 14 heavy (non-hydrogen) atoms. The first kappa shape index (κ1) is 8.96. The lowest BCUT2D eigenvalue weighted by Gasteiger charge is -2.08. The van der Waals surface area contributed by atoms with Crippen LogP contribution in [-0.4, -0.2) is 14.7 Å². The van der Waals surface area contributed by atoms with Crippen LogP contribution in [0.2, 0.25) is 0 Å². The van der Waals surface area contributed by atoms with Crippen molar-refractivity contribution in [3.05, 3.63) is 36.2 Å². The molecule has 5 nitrogen and oxygen atoms in total. The summed E-state index contributed by atoms with van der Waals surface area (Å²) in [5.74, 6) is 0.796. The van der Waals surface area contributed by atoms with E-state index in [1.165, 1.54) is 0 Å². The van der Waals surface area contributed by atoms with Gasteiger partial charge in [0.25, 0.3) is 0 Å².